The number of nitrogens with two attached hydrogens (primary N) is 1. The second-order valence-electron chi connectivity index (χ2n) is 6.86. The summed E-state index contributed by atoms with van der Waals surface area (Å²) in [6, 6.07) is 0. The molecule has 0 aromatic rings. The molecule has 3 heteroatoms. The van der Waals surface area contributed by atoms with Gasteiger partial charge in [-0.15, -0.1) is 0 Å². The number of unbranched alkanes of at least 4 members (excludes halogenated alkanes) is 9. The Hall–Kier alpha value is -0.830. The lowest BCUT2D eigenvalue weighted by atomic mass is 10.1. The minimum atomic E-state index is 0.109. The molecule has 0 saturated heterocycles. The van der Waals surface area contributed by atoms with Gasteiger partial charge in [-0.3, -0.25) is 4.99 Å². The fourth-order valence-corrected chi connectivity index (χ4v) is 3.17. The van der Waals surface area contributed by atoms with E-state index in [0.717, 1.165) is 19.5 Å². The number of allylic oxidation sites excluding steroid dienone is 2. The molecule has 2 N–H and O–H groups in total. The Morgan fingerprint density at radius 2 is 1.61 bits per heavy atom. The van der Waals surface area contributed by atoms with Crippen LogP contribution < -0.4 is 5.73 Å². The van der Waals surface area contributed by atoms with Gasteiger partial charge in [0.1, 0.15) is 5.84 Å². The summed E-state index contributed by atoms with van der Waals surface area (Å²) in [5.74, 6) is 1.23. The van der Waals surface area contributed by atoms with Crippen LogP contribution in [-0.4, -0.2) is 30.0 Å². The minimum absolute atomic E-state index is 0.109. The predicted octanol–water partition coefficient (Wildman–Crippen LogP) is 5.26. The monoisotopic (exact) mass is 321 g/mol. The molecular weight excluding hydrogens is 282 g/mol. The van der Waals surface area contributed by atoms with E-state index in [1.807, 2.05) is 6.92 Å². The van der Waals surface area contributed by atoms with Crippen LogP contribution in [0.25, 0.3) is 0 Å². The molecule has 0 radical (unpaired) electrons. The summed E-state index contributed by atoms with van der Waals surface area (Å²) in [6.07, 6.45) is 20.7. The second-order valence-corrected chi connectivity index (χ2v) is 6.86. The Morgan fingerprint density at radius 1 is 1.00 bits per heavy atom. The highest BCUT2D eigenvalue weighted by atomic mass is 15.3. The molecule has 0 saturated carbocycles. The van der Waals surface area contributed by atoms with Crippen molar-refractivity contribution in [2.75, 3.05) is 13.1 Å². The maximum Gasteiger partial charge on any atom is 0.100 e. The van der Waals surface area contributed by atoms with E-state index in [0.29, 0.717) is 0 Å². The molecule has 0 aromatic carbocycles. The fourth-order valence-electron chi connectivity index (χ4n) is 3.17. The Labute approximate surface area is 144 Å². The first kappa shape index (κ1) is 20.2. The van der Waals surface area contributed by atoms with Gasteiger partial charge in [-0.2, -0.15) is 0 Å². The molecule has 1 aliphatic heterocycles. The Morgan fingerprint density at radius 3 is 2.26 bits per heavy atom. The smallest absolute Gasteiger partial charge is 0.100 e. The molecule has 23 heavy (non-hydrogen) atoms. The van der Waals surface area contributed by atoms with Gasteiger partial charge in [-0.25, -0.2) is 0 Å². The lowest BCUT2D eigenvalue weighted by Gasteiger charge is -2.24. The summed E-state index contributed by atoms with van der Waals surface area (Å²) >= 11 is 0. The topological polar surface area (TPSA) is 41.6 Å². The third kappa shape index (κ3) is 9.80. The normalized spacial score (nSPS) is 16.3. The largest absolute Gasteiger partial charge is 0.343 e. The van der Waals surface area contributed by atoms with Crippen molar-refractivity contribution in [1.29, 1.82) is 0 Å². The molecule has 0 amide bonds. The van der Waals surface area contributed by atoms with Crippen molar-refractivity contribution in [2.24, 2.45) is 10.7 Å². The minimum Gasteiger partial charge on any atom is -0.343 e. The Bertz CT molecular complexity index is 334. The zero-order chi connectivity index (χ0) is 16.8. The first-order valence-electron chi connectivity index (χ1n) is 9.96. The van der Waals surface area contributed by atoms with Crippen molar-refractivity contribution in [3.63, 3.8) is 0 Å². The average molecular weight is 322 g/mol. The van der Waals surface area contributed by atoms with Crippen molar-refractivity contribution in [2.45, 2.75) is 97.1 Å². The number of hydrogen-bond acceptors (Lipinski definition) is 3. The van der Waals surface area contributed by atoms with E-state index in [4.69, 9.17) is 5.73 Å². The highest BCUT2D eigenvalue weighted by Gasteiger charge is 2.18. The molecule has 3 nitrogen and oxygen atoms in total. The lowest BCUT2D eigenvalue weighted by Crippen LogP contribution is -2.41. The van der Waals surface area contributed by atoms with Crippen molar-refractivity contribution in [1.82, 2.24) is 4.90 Å². The molecule has 0 bridgehead atoms. The first-order valence-corrected chi connectivity index (χ1v) is 9.96. The third-order valence-corrected chi connectivity index (χ3v) is 4.62. The van der Waals surface area contributed by atoms with Crippen LogP contribution in [0, 0.1) is 0 Å². The van der Waals surface area contributed by atoms with Crippen LogP contribution in [0.1, 0.15) is 90.9 Å². The number of rotatable bonds is 14. The number of nitrogens with zero attached hydrogens (tertiary/aromatic N) is 2. The van der Waals surface area contributed by atoms with Crippen LogP contribution in [0.5, 0.6) is 0 Å². The molecule has 0 fully saturated rings. The molecular formula is C20H39N3. The van der Waals surface area contributed by atoms with Gasteiger partial charge in [0.15, 0.2) is 0 Å². The predicted molar refractivity (Wildman–Crippen MR) is 103 cm³/mol. The van der Waals surface area contributed by atoms with E-state index in [9.17, 15) is 0 Å². The first-order chi connectivity index (χ1) is 11.3. The SMILES string of the molecule is CCCCCCCCC/C=C/CCCCC1=NCCN1C(C)N. The van der Waals surface area contributed by atoms with E-state index in [-0.39, 0.29) is 6.17 Å². The summed E-state index contributed by atoms with van der Waals surface area (Å²) in [7, 11) is 0. The van der Waals surface area contributed by atoms with Gasteiger partial charge in [-0.1, -0.05) is 57.6 Å². The molecule has 1 heterocycles. The van der Waals surface area contributed by atoms with E-state index >= 15 is 0 Å². The third-order valence-electron chi connectivity index (χ3n) is 4.62. The van der Waals surface area contributed by atoms with Gasteiger partial charge in [0.05, 0.1) is 12.7 Å². The quantitative estimate of drug-likeness (QED) is 0.350. The summed E-state index contributed by atoms with van der Waals surface area (Å²) in [4.78, 5) is 6.82. The van der Waals surface area contributed by atoms with Crippen LogP contribution in [0.15, 0.2) is 17.1 Å². The lowest BCUT2D eigenvalue weighted by molar-refractivity contribution is 0.359. The highest BCUT2D eigenvalue weighted by Crippen LogP contribution is 2.12. The van der Waals surface area contributed by atoms with E-state index in [1.54, 1.807) is 0 Å². The molecule has 0 aliphatic carbocycles. The molecule has 0 aromatic heterocycles. The van der Waals surface area contributed by atoms with Crippen molar-refractivity contribution >= 4 is 5.84 Å². The maximum atomic E-state index is 5.97. The zero-order valence-electron chi connectivity index (χ0n) is 15.6. The molecule has 1 aliphatic rings. The Kier molecular flexibility index (Phi) is 11.9. The molecule has 0 spiro atoms. The van der Waals surface area contributed by atoms with Crippen molar-refractivity contribution < 1.29 is 0 Å². The van der Waals surface area contributed by atoms with Gasteiger partial charge >= 0.3 is 0 Å². The second kappa shape index (κ2) is 13.6. The summed E-state index contributed by atoms with van der Waals surface area (Å²) in [6.45, 7) is 6.26. The van der Waals surface area contributed by atoms with Gasteiger partial charge in [0, 0.05) is 13.0 Å². The number of hydrogen-bond donors (Lipinski definition) is 1. The van der Waals surface area contributed by atoms with Gasteiger partial charge in [-0.05, 0) is 39.0 Å². The van der Waals surface area contributed by atoms with Crippen LogP contribution in [0.2, 0.25) is 0 Å². The highest BCUT2D eigenvalue weighted by molar-refractivity contribution is 5.83. The van der Waals surface area contributed by atoms with Crippen molar-refractivity contribution in [3.05, 3.63) is 12.2 Å². The van der Waals surface area contributed by atoms with Gasteiger partial charge < -0.3 is 10.6 Å². The van der Waals surface area contributed by atoms with Gasteiger partial charge in [0.2, 0.25) is 0 Å². The number of amidine groups is 1. The van der Waals surface area contributed by atoms with E-state index in [2.05, 4.69) is 29.0 Å². The van der Waals surface area contributed by atoms with Crippen LogP contribution >= 0.6 is 0 Å². The number of aliphatic imine (C=N–C) groups is 1. The maximum absolute atomic E-state index is 5.97. The average Bonchev–Trinajstić information content (AvgIpc) is 3.00. The zero-order valence-corrected chi connectivity index (χ0v) is 15.6. The van der Waals surface area contributed by atoms with Crippen molar-refractivity contribution in [3.8, 4) is 0 Å². The molecule has 1 rings (SSSR count). The molecule has 134 valence electrons. The Balaban J connectivity index is 1.89. The molecule has 1 atom stereocenters. The van der Waals surface area contributed by atoms with Gasteiger partial charge in [0.25, 0.3) is 0 Å². The summed E-state index contributed by atoms with van der Waals surface area (Å²) < 4.78 is 0. The summed E-state index contributed by atoms with van der Waals surface area (Å²) in [5.41, 5.74) is 5.97. The summed E-state index contributed by atoms with van der Waals surface area (Å²) in [5, 5.41) is 0. The fraction of sp³-hybridized carbons (Fsp3) is 0.850. The van der Waals surface area contributed by atoms with Crippen LogP contribution in [0.4, 0.5) is 0 Å². The van der Waals surface area contributed by atoms with Crippen LogP contribution in [0.3, 0.4) is 0 Å². The standard InChI is InChI=1S/C20H39N3/c1-3-4-5-6-7-8-9-10-11-12-13-14-15-16-20-22-17-18-23(20)19(2)21/h11-12,19H,3-10,13-18,21H2,1-2H3/b12-11+. The van der Waals surface area contributed by atoms with E-state index < -0.39 is 0 Å². The molecule has 1 unspecified atom stereocenters. The van der Waals surface area contributed by atoms with E-state index in [1.165, 1.54) is 76.5 Å². The van der Waals surface area contributed by atoms with Crippen LogP contribution in [-0.2, 0) is 0 Å².